The Hall–Kier alpha value is -1.41. The van der Waals surface area contributed by atoms with Crippen molar-refractivity contribution >= 4 is 17.1 Å². The zero-order valence-electron chi connectivity index (χ0n) is 10.8. The van der Waals surface area contributed by atoms with Crippen molar-refractivity contribution in [2.45, 2.75) is 26.2 Å². The van der Waals surface area contributed by atoms with Gasteiger partial charge in [0, 0.05) is 0 Å². The number of hydrogen-bond donors (Lipinski definition) is 0. The number of hydrogen-bond acceptors (Lipinski definition) is 2. The Kier molecular flexibility index (Phi) is 4.32. The van der Waals surface area contributed by atoms with Crippen LogP contribution in [0.5, 0.6) is 0 Å². The predicted octanol–water partition coefficient (Wildman–Crippen LogP) is 4.76. The predicted molar refractivity (Wildman–Crippen MR) is 77.3 cm³/mol. The molecule has 1 aromatic carbocycles. The Morgan fingerprint density at radius 1 is 1.17 bits per heavy atom. The van der Waals surface area contributed by atoms with Crippen LogP contribution < -0.4 is 0 Å². The maximum Gasteiger partial charge on any atom is 0.180 e. The molecule has 18 heavy (non-hydrogen) atoms. The first-order valence-corrected chi connectivity index (χ1v) is 7.24. The molecular formula is C16H18OS. The first-order chi connectivity index (χ1) is 8.74. The third-order valence-corrected chi connectivity index (χ3v) is 4.30. The van der Waals surface area contributed by atoms with Gasteiger partial charge in [-0.1, -0.05) is 56.7 Å². The van der Waals surface area contributed by atoms with Crippen LogP contribution in [0.4, 0.5) is 0 Å². The Labute approximate surface area is 112 Å². The molecule has 0 N–H and O–H groups in total. The summed E-state index contributed by atoms with van der Waals surface area (Å²) < 4.78 is 0. The lowest BCUT2D eigenvalue weighted by atomic mass is 9.82. The van der Waals surface area contributed by atoms with Gasteiger partial charge in [0.15, 0.2) is 5.78 Å². The number of rotatable bonds is 5. The van der Waals surface area contributed by atoms with Crippen molar-refractivity contribution < 1.29 is 4.79 Å². The highest BCUT2D eigenvalue weighted by molar-refractivity contribution is 7.12. The minimum Gasteiger partial charge on any atom is -0.293 e. The molecule has 0 amide bonds. The van der Waals surface area contributed by atoms with Crippen LogP contribution >= 0.6 is 11.3 Å². The minimum atomic E-state index is -0.0187. The maximum absolute atomic E-state index is 12.6. The molecule has 1 aromatic heterocycles. The molecule has 0 saturated carbocycles. The van der Waals surface area contributed by atoms with Crippen molar-refractivity contribution in [2.24, 2.45) is 5.92 Å². The second-order valence-corrected chi connectivity index (χ2v) is 5.56. The molecule has 0 radical (unpaired) electrons. The third-order valence-electron chi connectivity index (χ3n) is 3.42. The summed E-state index contributed by atoms with van der Waals surface area (Å²) in [7, 11) is 0. The number of thiophene rings is 1. The second kappa shape index (κ2) is 5.96. The average molecular weight is 258 g/mol. The molecule has 0 saturated heterocycles. The molecule has 0 aliphatic rings. The maximum atomic E-state index is 12.6. The summed E-state index contributed by atoms with van der Waals surface area (Å²) >= 11 is 1.53. The number of carbonyl (C=O) groups excluding carboxylic acids is 1. The van der Waals surface area contributed by atoms with E-state index in [1.54, 1.807) is 0 Å². The van der Waals surface area contributed by atoms with Crippen molar-refractivity contribution in [1.29, 1.82) is 0 Å². The standard InChI is InChI=1S/C16H18OS/c1-3-12(2)15(13-8-5-4-6-9-13)16(17)14-10-7-11-18-14/h4-12,15H,3H2,1-2H3. The molecular weight excluding hydrogens is 240 g/mol. The molecule has 94 valence electrons. The van der Waals surface area contributed by atoms with Crippen molar-refractivity contribution in [2.75, 3.05) is 0 Å². The van der Waals surface area contributed by atoms with Gasteiger partial charge >= 0.3 is 0 Å². The molecule has 2 aromatic rings. The molecule has 0 spiro atoms. The van der Waals surface area contributed by atoms with Crippen LogP contribution in [0.15, 0.2) is 47.8 Å². The van der Waals surface area contributed by atoms with Crippen LogP contribution in [0.2, 0.25) is 0 Å². The fourth-order valence-corrected chi connectivity index (χ4v) is 2.91. The van der Waals surface area contributed by atoms with Gasteiger partial charge in [-0.25, -0.2) is 0 Å². The Morgan fingerprint density at radius 2 is 1.89 bits per heavy atom. The highest BCUT2D eigenvalue weighted by Crippen LogP contribution is 2.31. The molecule has 0 aliphatic carbocycles. The monoisotopic (exact) mass is 258 g/mol. The SMILES string of the molecule is CCC(C)C(C(=O)c1cccs1)c1ccccc1. The zero-order valence-corrected chi connectivity index (χ0v) is 11.6. The quantitative estimate of drug-likeness (QED) is 0.707. The summed E-state index contributed by atoms with van der Waals surface area (Å²) in [6.45, 7) is 4.30. The van der Waals surface area contributed by atoms with Gasteiger partial charge in [-0.2, -0.15) is 0 Å². The molecule has 1 nitrogen and oxygen atoms in total. The Bertz CT molecular complexity index is 487. The third kappa shape index (κ3) is 2.70. The largest absolute Gasteiger partial charge is 0.293 e. The lowest BCUT2D eigenvalue weighted by Gasteiger charge is -2.21. The van der Waals surface area contributed by atoms with Crippen LogP contribution in [0.3, 0.4) is 0 Å². The van der Waals surface area contributed by atoms with Crippen molar-refractivity contribution in [1.82, 2.24) is 0 Å². The zero-order chi connectivity index (χ0) is 13.0. The van der Waals surface area contributed by atoms with E-state index < -0.39 is 0 Å². The van der Waals surface area contributed by atoms with Gasteiger partial charge in [-0.15, -0.1) is 11.3 Å². The van der Waals surface area contributed by atoms with Crippen LogP contribution in [-0.4, -0.2) is 5.78 Å². The topological polar surface area (TPSA) is 17.1 Å². The van der Waals surface area contributed by atoms with Gasteiger partial charge in [0.1, 0.15) is 0 Å². The van der Waals surface area contributed by atoms with Gasteiger partial charge in [0.2, 0.25) is 0 Å². The molecule has 1 heterocycles. The Morgan fingerprint density at radius 3 is 2.44 bits per heavy atom. The summed E-state index contributed by atoms with van der Waals surface area (Å²) in [6.07, 6.45) is 1.01. The smallest absolute Gasteiger partial charge is 0.180 e. The number of benzene rings is 1. The van der Waals surface area contributed by atoms with E-state index in [4.69, 9.17) is 0 Å². The van der Waals surface area contributed by atoms with Gasteiger partial charge in [-0.3, -0.25) is 4.79 Å². The van der Waals surface area contributed by atoms with Crippen molar-refractivity contribution in [3.63, 3.8) is 0 Å². The number of ketones is 1. The van der Waals surface area contributed by atoms with Crippen molar-refractivity contribution in [3.8, 4) is 0 Å². The summed E-state index contributed by atoms with van der Waals surface area (Å²) in [5, 5.41) is 1.96. The number of Topliss-reactive ketones (excluding diaryl/α,β-unsaturated/α-hetero) is 1. The molecule has 2 rings (SSSR count). The van der Waals surface area contributed by atoms with E-state index in [1.165, 1.54) is 11.3 Å². The van der Waals surface area contributed by atoms with E-state index in [1.807, 2.05) is 35.7 Å². The summed E-state index contributed by atoms with van der Waals surface area (Å²) in [4.78, 5) is 13.5. The first-order valence-electron chi connectivity index (χ1n) is 6.36. The fourth-order valence-electron chi connectivity index (χ4n) is 2.21. The van der Waals surface area contributed by atoms with E-state index in [0.29, 0.717) is 5.92 Å². The molecule has 2 atom stereocenters. The highest BCUT2D eigenvalue weighted by Gasteiger charge is 2.27. The first kappa shape index (κ1) is 13.0. The Balaban J connectivity index is 2.35. The van der Waals surface area contributed by atoms with E-state index in [0.717, 1.165) is 16.9 Å². The van der Waals surface area contributed by atoms with Gasteiger partial charge in [-0.05, 0) is 22.9 Å². The molecule has 0 fully saturated rings. The van der Waals surface area contributed by atoms with Gasteiger partial charge in [0.05, 0.1) is 10.8 Å². The summed E-state index contributed by atoms with van der Waals surface area (Å²) in [5.41, 5.74) is 1.13. The molecule has 2 unspecified atom stereocenters. The normalized spacial score (nSPS) is 14.1. The lowest BCUT2D eigenvalue weighted by Crippen LogP contribution is -2.19. The van der Waals surface area contributed by atoms with Crippen LogP contribution in [0.25, 0.3) is 0 Å². The van der Waals surface area contributed by atoms with Gasteiger partial charge in [0.25, 0.3) is 0 Å². The van der Waals surface area contributed by atoms with Gasteiger partial charge < -0.3 is 0 Å². The van der Waals surface area contributed by atoms with E-state index in [2.05, 4.69) is 26.0 Å². The van der Waals surface area contributed by atoms with E-state index in [-0.39, 0.29) is 11.7 Å². The molecule has 0 bridgehead atoms. The highest BCUT2D eigenvalue weighted by atomic mass is 32.1. The summed E-state index contributed by atoms with van der Waals surface area (Å²) in [5.74, 6) is 0.599. The van der Waals surface area contributed by atoms with Crippen LogP contribution in [0, 0.1) is 5.92 Å². The van der Waals surface area contributed by atoms with Crippen molar-refractivity contribution in [3.05, 3.63) is 58.3 Å². The average Bonchev–Trinajstić information content (AvgIpc) is 2.94. The van der Waals surface area contributed by atoms with Crippen LogP contribution in [-0.2, 0) is 0 Å². The van der Waals surface area contributed by atoms with E-state index >= 15 is 0 Å². The second-order valence-electron chi connectivity index (χ2n) is 4.62. The van der Waals surface area contributed by atoms with E-state index in [9.17, 15) is 4.79 Å². The lowest BCUT2D eigenvalue weighted by molar-refractivity contribution is 0.0936. The fraction of sp³-hybridized carbons (Fsp3) is 0.312. The summed E-state index contributed by atoms with van der Waals surface area (Å²) in [6, 6.07) is 14.0. The van der Waals surface area contributed by atoms with Crippen LogP contribution in [0.1, 0.15) is 41.4 Å². The number of carbonyl (C=O) groups is 1. The molecule has 2 heteroatoms. The molecule has 0 aliphatic heterocycles. The minimum absolute atomic E-state index is 0.0187.